The second-order valence-corrected chi connectivity index (χ2v) is 6.75. The molecule has 0 bridgehead atoms. The first-order valence-corrected chi connectivity index (χ1v) is 9.31. The monoisotopic (exact) mass is 379 g/mol. The van der Waals surface area contributed by atoms with Gasteiger partial charge in [0.05, 0.1) is 18.4 Å². The van der Waals surface area contributed by atoms with Gasteiger partial charge in [-0.15, -0.1) is 0 Å². The van der Waals surface area contributed by atoms with E-state index >= 15 is 0 Å². The Morgan fingerprint density at radius 1 is 1.04 bits per heavy atom. The molecule has 5 heteroatoms. The van der Waals surface area contributed by atoms with Gasteiger partial charge in [0.15, 0.2) is 5.78 Å². The molecule has 146 valence electrons. The Bertz CT molecular complexity index is 861. The standard InChI is InChI=1S/C23H25NO4/c1-18(25)22-11-5-6-12-23(22)28-17-20(26)15-24(16-21-10-7-13-27-21)14-19-8-3-2-4-9-19/h2-13,20,26H,14-17H2,1H3. The molecule has 0 saturated carbocycles. The van der Waals surface area contributed by atoms with Gasteiger partial charge >= 0.3 is 0 Å². The van der Waals surface area contributed by atoms with Gasteiger partial charge in [-0.1, -0.05) is 42.5 Å². The third-order valence-electron chi connectivity index (χ3n) is 4.38. The van der Waals surface area contributed by atoms with E-state index in [9.17, 15) is 9.90 Å². The summed E-state index contributed by atoms with van der Waals surface area (Å²) >= 11 is 0. The van der Waals surface area contributed by atoms with Crippen molar-refractivity contribution in [1.29, 1.82) is 0 Å². The Morgan fingerprint density at radius 2 is 1.79 bits per heavy atom. The number of furan rings is 1. The van der Waals surface area contributed by atoms with Gasteiger partial charge in [0.25, 0.3) is 0 Å². The zero-order valence-corrected chi connectivity index (χ0v) is 16.0. The lowest BCUT2D eigenvalue weighted by Crippen LogP contribution is -2.35. The minimum atomic E-state index is -0.710. The summed E-state index contributed by atoms with van der Waals surface area (Å²) in [4.78, 5) is 13.8. The Labute approximate surface area is 165 Å². The Kier molecular flexibility index (Phi) is 7.00. The van der Waals surface area contributed by atoms with E-state index in [1.807, 2.05) is 36.4 Å². The Hall–Kier alpha value is -2.89. The number of benzene rings is 2. The average molecular weight is 379 g/mol. The number of nitrogens with zero attached hydrogens (tertiary/aromatic N) is 1. The van der Waals surface area contributed by atoms with Crippen LogP contribution in [0, 0.1) is 0 Å². The van der Waals surface area contributed by atoms with Crippen molar-refractivity contribution < 1.29 is 19.1 Å². The highest BCUT2D eigenvalue weighted by Crippen LogP contribution is 2.19. The lowest BCUT2D eigenvalue weighted by Gasteiger charge is -2.24. The molecule has 0 aliphatic heterocycles. The summed E-state index contributed by atoms with van der Waals surface area (Å²) in [6.07, 6.45) is 0.938. The molecule has 0 amide bonds. The van der Waals surface area contributed by atoms with Crippen molar-refractivity contribution >= 4 is 5.78 Å². The predicted octanol–water partition coefficient (Wildman–Crippen LogP) is 3.92. The van der Waals surface area contributed by atoms with Crippen molar-refractivity contribution in [2.24, 2.45) is 0 Å². The molecule has 1 N–H and O–H groups in total. The van der Waals surface area contributed by atoms with Crippen LogP contribution in [0.1, 0.15) is 28.6 Å². The number of hydrogen-bond donors (Lipinski definition) is 1. The van der Waals surface area contributed by atoms with Crippen LogP contribution < -0.4 is 4.74 Å². The van der Waals surface area contributed by atoms with Crippen LogP contribution in [0.4, 0.5) is 0 Å². The first-order valence-electron chi connectivity index (χ1n) is 9.31. The van der Waals surface area contributed by atoms with Crippen molar-refractivity contribution in [1.82, 2.24) is 4.90 Å². The van der Waals surface area contributed by atoms with Crippen LogP contribution in [0.3, 0.4) is 0 Å². The van der Waals surface area contributed by atoms with E-state index in [0.717, 1.165) is 11.3 Å². The van der Waals surface area contributed by atoms with E-state index in [1.54, 1.807) is 24.5 Å². The van der Waals surface area contributed by atoms with Crippen molar-refractivity contribution in [3.05, 3.63) is 89.9 Å². The maximum absolute atomic E-state index is 11.7. The summed E-state index contributed by atoms with van der Waals surface area (Å²) in [6.45, 7) is 3.29. The zero-order valence-electron chi connectivity index (χ0n) is 16.0. The smallest absolute Gasteiger partial charge is 0.163 e. The first kappa shape index (κ1) is 19.9. The lowest BCUT2D eigenvalue weighted by atomic mass is 10.1. The molecule has 0 fully saturated rings. The number of carbonyl (C=O) groups excluding carboxylic acids is 1. The minimum Gasteiger partial charge on any atom is -0.490 e. The molecule has 2 aromatic carbocycles. The highest BCUT2D eigenvalue weighted by atomic mass is 16.5. The lowest BCUT2D eigenvalue weighted by molar-refractivity contribution is 0.0599. The van der Waals surface area contributed by atoms with Gasteiger partial charge in [-0.25, -0.2) is 0 Å². The zero-order chi connectivity index (χ0) is 19.8. The number of carbonyl (C=O) groups is 1. The summed E-state index contributed by atoms with van der Waals surface area (Å²) in [5.74, 6) is 1.27. The largest absolute Gasteiger partial charge is 0.490 e. The summed E-state index contributed by atoms with van der Waals surface area (Å²) in [5.41, 5.74) is 1.68. The second-order valence-electron chi connectivity index (χ2n) is 6.75. The molecule has 0 aliphatic carbocycles. The first-order chi connectivity index (χ1) is 13.6. The third kappa shape index (κ3) is 5.81. The molecule has 0 spiro atoms. The fourth-order valence-electron chi connectivity index (χ4n) is 3.07. The molecule has 28 heavy (non-hydrogen) atoms. The molecule has 5 nitrogen and oxygen atoms in total. The Morgan fingerprint density at radius 3 is 2.50 bits per heavy atom. The fourth-order valence-corrected chi connectivity index (χ4v) is 3.07. The van der Waals surface area contributed by atoms with Gasteiger partial charge in [0, 0.05) is 13.1 Å². The summed E-state index contributed by atoms with van der Waals surface area (Å²) < 4.78 is 11.2. The van der Waals surface area contributed by atoms with Gasteiger partial charge in [0.2, 0.25) is 0 Å². The fraction of sp³-hybridized carbons (Fsp3) is 0.261. The predicted molar refractivity (Wildman–Crippen MR) is 107 cm³/mol. The van der Waals surface area contributed by atoms with Crippen molar-refractivity contribution in [3.63, 3.8) is 0 Å². The van der Waals surface area contributed by atoms with Gasteiger partial charge in [-0.3, -0.25) is 9.69 Å². The summed E-state index contributed by atoms with van der Waals surface area (Å²) in [5, 5.41) is 10.5. The van der Waals surface area contributed by atoms with Crippen molar-refractivity contribution in [2.45, 2.75) is 26.1 Å². The summed E-state index contributed by atoms with van der Waals surface area (Å²) in [7, 11) is 0. The van der Waals surface area contributed by atoms with Crippen LogP contribution in [0.2, 0.25) is 0 Å². The topological polar surface area (TPSA) is 62.9 Å². The van der Waals surface area contributed by atoms with E-state index in [-0.39, 0.29) is 12.4 Å². The number of hydrogen-bond acceptors (Lipinski definition) is 5. The number of rotatable bonds is 10. The highest BCUT2D eigenvalue weighted by Gasteiger charge is 2.16. The van der Waals surface area contributed by atoms with E-state index in [2.05, 4.69) is 17.0 Å². The minimum absolute atomic E-state index is 0.0615. The van der Waals surface area contributed by atoms with E-state index in [1.165, 1.54) is 6.92 Å². The van der Waals surface area contributed by atoms with Crippen LogP contribution in [0.25, 0.3) is 0 Å². The van der Waals surface area contributed by atoms with Crippen molar-refractivity contribution in [2.75, 3.05) is 13.2 Å². The molecular formula is C23H25NO4. The number of para-hydroxylation sites is 1. The molecule has 1 heterocycles. The SMILES string of the molecule is CC(=O)c1ccccc1OCC(O)CN(Cc1ccccc1)Cc1ccco1. The highest BCUT2D eigenvalue weighted by molar-refractivity contribution is 5.96. The molecule has 1 aromatic heterocycles. The van der Waals surface area contributed by atoms with Crippen LogP contribution >= 0.6 is 0 Å². The third-order valence-corrected chi connectivity index (χ3v) is 4.38. The average Bonchev–Trinajstić information content (AvgIpc) is 3.20. The van der Waals surface area contributed by atoms with Crippen LogP contribution in [-0.2, 0) is 13.1 Å². The van der Waals surface area contributed by atoms with Crippen molar-refractivity contribution in [3.8, 4) is 5.75 Å². The molecule has 0 radical (unpaired) electrons. The van der Waals surface area contributed by atoms with Gasteiger partial charge < -0.3 is 14.3 Å². The van der Waals surface area contributed by atoms with E-state index < -0.39 is 6.10 Å². The van der Waals surface area contributed by atoms with Gasteiger partial charge in [-0.2, -0.15) is 0 Å². The molecule has 1 atom stereocenters. The number of ketones is 1. The normalized spacial score (nSPS) is 12.1. The van der Waals surface area contributed by atoms with Crippen LogP contribution in [0.5, 0.6) is 5.75 Å². The maximum atomic E-state index is 11.7. The second kappa shape index (κ2) is 9.88. The quantitative estimate of drug-likeness (QED) is 0.541. The molecular weight excluding hydrogens is 354 g/mol. The number of Topliss-reactive ketones (excluding diaryl/α,β-unsaturated/α-hetero) is 1. The van der Waals surface area contributed by atoms with E-state index in [0.29, 0.717) is 30.9 Å². The molecule has 0 aliphatic rings. The number of aliphatic hydroxyl groups excluding tert-OH is 1. The van der Waals surface area contributed by atoms with Gasteiger partial charge in [-0.05, 0) is 36.8 Å². The molecule has 3 aromatic rings. The number of aliphatic hydroxyl groups is 1. The van der Waals surface area contributed by atoms with E-state index in [4.69, 9.17) is 9.15 Å². The molecule has 3 rings (SSSR count). The van der Waals surface area contributed by atoms with Gasteiger partial charge in [0.1, 0.15) is 24.2 Å². The Balaban J connectivity index is 1.62. The molecule has 1 unspecified atom stereocenters. The number of ether oxygens (including phenoxy) is 1. The maximum Gasteiger partial charge on any atom is 0.163 e. The molecule has 0 saturated heterocycles. The van der Waals surface area contributed by atoms with Crippen LogP contribution in [-0.4, -0.2) is 35.0 Å². The summed E-state index contributed by atoms with van der Waals surface area (Å²) in [6, 6.07) is 20.9. The van der Waals surface area contributed by atoms with Crippen LogP contribution in [0.15, 0.2) is 77.4 Å².